The van der Waals surface area contributed by atoms with Crippen LogP contribution in [0.2, 0.25) is 0 Å². The van der Waals surface area contributed by atoms with Gasteiger partial charge < -0.3 is 19.5 Å². The number of carbonyl (C=O) groups is 2. The molecule has 1 saturated carbocycles. The van der Waals surface area contributed by atoms with Crippen molar-refractivity contribution in [3.05, 3.63) is 17.0 Å². The van der Waals surface area contributed by atoms with Crippen molar-refractivity contribution in [3.63, 3.8) is 0 Å². The lowest BCUT2D eigenvalue weighted by Crippen LogP contribution is -2.53. The van der Waals surface area contributed by atoms with Crippen LogP contribution in [0.1, 0.15) is 55.5 Å². The average molecular weight is 433 g/mol. The number of rotatable bonds is 8. The molecule has 0 radical (unpaired) electrons. The summed E-state index contributed by atoms with van der Waals surface area (Å²) in [6.45, 7) is 8.50. The van der Waals surface area contributed by atoms with Gasteiger partial charge in [0.15, 0.2) is 0 Å². The van der Waals surface area contributed by atoms with Crippen LogP contribution < -0.4 is 5.32 Å². The predicted octanol–water partition coefficient (Wildman–Crippen LogP) is 1.83. The molecule has 4 rings (SSSR count). The SMILES string of the molecule is Cc1noc(C)c1CC(=O)NCCN(C1CCOCC1)C1CCN(C(=O)C2CC2)CC1. The van der Waals surface area contributed by atoms with E-state index in [1.54, 1.807) is 0 Å². The lowest BCUT2D eigenvalue weighted by Gasteiger charge is -2.43. The quantitative estimate of drug-likeness (QED) is 0.674. The second kappa shape index (κ2) is 10.1. The largest absolute Gasteiger partial charge is 0.381 e. The molecule has 172 valence electrons. The molecule has 2 aliphatic heterocycles. The Hall–Kier alpha value is -1.93. The number of nitrogens with zero attached hydrogens (tertiary/aromatic N) is 3. The van der Waals surface area contributed by atoms with Gasteiger partial charge in [-0.15, -0.1) is 0 Å². The zero-order valence-electron chi connectivity index (χ0n) is 18.9. The van der Waals surface area contributed by atoms with Crippen molar-refractivity contribution in [1.29, 1.82) is 0 Å². The van der Waals surface area contributed by atoms with Gasteiger partial charge in [0.2, 0.25) is 11.8 Å². The zero-order valence-corrected chi connectivity index (χ0v) is 18.9. The monoisotopic (exact) mass is 432 g/mol. The van der Waals surface area contributed by atoms with Crippen LogP contribution in [0.5, 0.6) is 0 Å². The fraction of sp³-hybridized carbons (Fsp3) is 0.783. The molecule has 0 bridgehead atoms. The lowest BCUT2D eigenvalue weighted by atomic mass is 9.97. The van der Waals surface area contributed by atoms with Crippen LogP contribution in [-0.4, -0.2) is 78.2 Å². The minimum absolute atomic E-state index is 0.00572. The summed E-state index contributed by atoms with van der Waals surface area (Å²) in [4.78, 5) is 29.5. The third kappa shape index (κ3) is 5.66. The number of nitrogens with one attached hydrogen (secondary N) is 1. The highest BCUT2D eigenvalue weighted by Crippen LogP contribution is 2.32. The smallest absolute Gasteiger partial charge is 0.225 e. The van der Waals surface area contributed by atoms with Crippen LogP contribution in [-0.2, 0) is 20.7 Å². The summed E-state index contributed by atoms with van der Waals surface area (Å²) >= 11 is 0. The summed E-state index contributed by atoms with van der Waals surface area (Å²) in [7, 11) is 0. The normalized spacial score (nSPS) is 20.9. The summed E-state index contributed by atoms with van der Waals surface area (Å²) in [6.07, 6.45) is 6.55. The third-order valence-electron chi connectivity index (χ3n) is 7.04. The average Bonchev–Trinajstić information content (AvgIpc) is 3.60. The number of aromatic nitrogens is 1. The Labute approximate surface area is 184 Å². The Morgan fingerprint density at radius 3 is 2.35 bits per heavy atom. The third-order valence-corrected chi connectivity index (χ3v) is 7.04. The molecule has 3 aliphatic rings. The molecule has 8 nitrogen and oxygen atoms in total. The van der Waals surface area contributed by atoms with Crippen molar-refractivity contribution in [2.45, 2.75) is 70.9 Å². The highest BCUT2D eigenvalue weighted by molar-refractivity contribution is 5.81. The number of carbonyl (C=O) groups excluding carboxylic acids is 2. The number of likely N-dealkylation sites (tertiary alicyclic amines) is 1. The maximum atomic E-state index is 12.5. The first-order valence-electron chi connectivity index (χ1n) is 11.8. The number of hydrogen-bond donors (Lipinski definition) is 1. The van der Waals surface area contributed by atoms with Crippen molar-refractivity contribution in [1.82, 2.24) is 20.3 Å². The first-order chi connectivity index (χ1) is 15.0. The van der Waals surface area contributed by atoms with Crippen molar-refractivity contribution < 1.29 is 18.8 Å². The fourth-order valence-electron chi connectivity index (χ4n) is 4.99. The molecule has 8 heteroatoms. The molecular formula is C23H36N4O4. The Morgan fingerprint density at radius 1 is 1.06 bits per heavy atom. The Balaban J connectivity index is 1.29. The zero-order chi connectivity index (χ0) is 21.8. The Morgan fingerprint density at radius 2 is 1.74 bits per heavy atom. The van der Waals surface area contributed by atoms with Crippen molar-refractivity contribution in [3.8, 4) is 0 Å². The molecule has 31 heavy (non-hydrogen) atoms. The van der Waals surface area contributed by atoms with Gasteiger partial charge in [-0.3, -0.25) is 14.5 Å². The highest BCUT2D eigenvalue weighted by Gasteiger charge is 2.37. The van der Waals surface area contributed by atoms with E-state index in [2.05, 4.69) is 20.3 Å². The van der Waals surface area contributed by atoms with Gasteiger partial charge in [0.05, 0.1) is 12.1 Å². The van der Waals surface area contributed by atoms with Crippen molar-refractivity contribution >= 4 is 11.8 Å². The van der Waals surface area contributed by atoms with Crippen LogP contribution in [0.15, 0.2) is 4.52 Å². The van der Waals surface area contributed by atoms with Crippen LogP contribution in [0.3, 0.4) is 0 Å². The molecule has 1 aliphatic carbocycles. The van der Waals surface area contributed by atoms with Crippen LogP contribution in [0.25, 0.3) is 0 Å². The Bertz CT molecular complexity index is 742. The summed E-state index contributed by atoms with van der Waals surface area (Å²) in [6, 6.07) is 0.953. The molecule has 3 heterocycles. The first-order valence-corrected chi connectivity index (χ1v) is 11.8. The molecule has 0 atom stereocenters. The van der Waals surface area contributed by atoms with Gasteiger partial charge in [-0.2, -0.15) is 0 Å². The number of piperidine rings is 1. The lowest BCUT2D eigenvalue weighted by molar-refractivity contribution is -0.134. The van der Waals surface area contributed by atoms with E-state index < -0.39 is 0 Å². The van der Waals surface area contributed by atoms with E-state index in [1.165, 1.54) is 0 Å². The van der Waals surface area contributed by atoms with Gasteiger partial charge in [-0.25, -0.2) is 0 Å². The van der Waals surface area contributed by atoms with Gasteiger partial charge in [-0.1, -0.05) is 5.16 Å². The summed E-state index contributed by atoms with van der Waals surface area (Å²) in [5.41, 5.74) is 1.66. The molecule has 2 amide bonds. The van der Waals surface area contributed by atoms with E-state index >= 15 is 0 Å². The summed E-state index contributed by atoms with van der Waals surface area (Å²) < 4.78 is 10.7. The maximum absolute atomic E-state index is 12.5. The molecule has 1 aromatic rings. The molecule has 1 N–H and O–H groups in total. The number of ether oxygens (including phenoxy) is 1. The Kier molecular flexibility index (Phi) is 7.27. The summed E-state index contributed by atoms with van der Waals surface area (Å²) in [5, 5.41) is 7.02. The summed E-state index contributed by atoms with van der Waals surface area (Å²) in [5.74, 6) is 1.38. The second-order valence-corrected chi connectivity index (χ2v) is 9.24. The molecule has 0 spiro atoms. The van der Waals surface area contributed by atoms with Crippen molar-refractivity contribution in [2.75, 3.05) is 39.4 Å². The van der Waals surface area contributed by atoms with Crippen LogP contribution in [0.4, 0.5) is 0 Å². The standard InChI is InChI=1S/C23H36N4O4/c1-16-21(17(2)31-25-16)15-22(28)24-9-12-27(20-7-13-30-14-8-20)19-5-10-26(11-6-19)23(29)18-3-4-18/h18-20H,3-15H2,1-2H3,(H,24,28). The molecular weight excluding hydrogens is 396 g/mol. The van der Waals surface area contributed by atoms with E-state index in [0.717, 1.165) is 82.6 Å². The maximum Gasteiger partial charge on any atom is 0.225 e. The van der Waals surface area contributed by atoms with Gasteiger partial charge in [0, 0.05) is 63.0 Å². The van der Waals surface area contributed by atoms with E-state index in [1.807, 2.05) is 13.8 Å². The van der Waals surface area contributed by atoms with E-state index in [4.69, 9.17) is 9.26 Å². The van der Waals surface area contributed by atoms with E-state index in [-0.39, 0.29) is 5.91 Å². The molecule has 3 fully saturated rings. The first kappa shape index (κ1) is 22.3. The minimum Gasteiger partial charge on any atom is -0.381 e. The van der Waals surface area contributed by atoms with Gasteiger partial charge in [-0.05, 0) is 52.4 Å². The number of hydrogen-bond acceptors (Lipinski definition) is 6. The fourth-order valence-corrected chi connectivity index (χ4v) is 4.99. The van der Waals surface area contributed by atoms with Crippen molar-refractivity contribution in [2.24, 2.45) is 5.92 Å². The number of aryl methyl sites for hydroxylation is 2. The van der Waals surface area contributed by atoms with Crippen LogP contribution in [0, 0.1) is 19.8 Å². The van der Waals surface area contributed by atoms with Gasteiger partial charge in [0.25, 0.3) is 0 Å². The molecule has 0 unspecified atom stereocenters. The number of amides is 2. The van der Waals surface area contributed by atoms with Crippen LogP contribution >= 0.6 is 0 Å². The van der Waals surface area contributed by atoms with E-state index in [9.17, 15) is 9.59 Å². The second-order valence-electron chi connectivity index (χ2n) is 9.24. The molecule has 0 aromatic carbocycles. The minimum atomic E-state index is 0.00572. The predicted molar refractivity (Wildman–Crippen MR) is 116 cm³/mol. The molecule has 2 saturated heterocycles. The van der Waals surface area contributed by atoms with Gasteiger partial charge >= 0.3 is 0 Å². The van der Waals surface area contributed by atoms with E-state index in [0.29, 0.717) is 42.6 Å². The topological polar surface area (TPSA) is 87.9 Å². The van der Waals surface area contributed by atoms with Gasteiger partial charge in [0.1, 0.15) is 5.76 Å². The molecule has 1 aromatic heterocycles. The highest BCUT2D eigenvalue weighted by atomic mass is 16.5.